The Labute approximate surface area is 158 Å². The van der Waals surface area contributed by atoms with Gasteiger partial charge in [0.2, 0.25) is 0 Å². The topological polar surface area (TPSA) is 59.2 Å². The van der Waals surface area contributed by atoms with Crippen molar-refractivity contribution in [3.05, 3.63) is 77.0 Å². The zero-order valence-electron chi connectivity index (χ0n) is 14.9. The monoisotopic (exact) mass is 372 g/mol. The Morgan fingerprint density at radius 3 is 2.58 bits per heavy atom. The molecule has 0 saturated carbocycles. The number of hydrogen-bond donors (Lipinski definition) is 2. The summed E-state index contributed by atoms with van der Waals surface area (Å²) in [5.74, 6) is 2.24. The highest BCUT2D eigenvalue weighted by Crippen LogP contribution is 2.31. The maximum absolute atomic E-state index is 10.4. The minimum atomic E-state index is -0.522. The number of quaternary nitrogens is 1. The summed E-state index contributed by atoms with van der Waals surface area (Å²) >= 11 is 6.18. The van der Waals surface area contributed by atoms with E-state index in [9.17, 15) is 5.11 Å². The first-order valence-electron chi connectivity index (χ1n) is 8.57. The third kappa shape index (κ3) is 4.28. The van der Waals surface area contributed by atoms with E-state index in [1.54, 1.807) is 7.11 Å². The van der Waals surface area contributed by atoms with E-state index in [2.05, 4.69) is 5.32 Å². The van der Waals surface area contributed by atoms with Crippen molar-refractivity contribution in [3.63, 3.8) is 0 Å². The van der Waals surface area contributed by atoms with Crippen LogP contribution in [0.1, 0.15) is 24.4 Å². The SMILES string of the molecule is COc1ccc(-c2ccc(C[NH2+][C@@H](C)[C@@H](O)c3ccccc3)o2)cc1Cl. The van der Waals surface area contributed by atoms with Crippen LogP contribution in [0.15, 0.2) is 65.1 Å². The van der Waals surface area contributed by atoms with Crippen molar-refractivity contribution in [2.24, 2.45) is 0 Å². The van der Waals surface area contributed by atoms with Crippen LogP contribution in [0.25, 0.3) is 11.3 Å². The molecule has 0 fully saturated rings. The molecule has 0 bridgehead atoms. The van der Waals surface area contributed by atoms with Crippen LogP contribution in [-0.2, 0) is 6.54 Å². The number of ether oxygens (including phenoxy) is 1. The second-order valence-corrected chi connectivity index (χ2v) is 6.68. The molecule has 0 aliphatic carbocycles. The fourth-order valence-corrected chi connectivity index (χ4v) is 3.10. The number of halogens is 1. The van der Waals surface area contributed by atoms with E-state index in [-0.39, 0.29) is 6.04 Å². The fraction of sp³-hybridized carbons (Fsp3) is 0.238. The quantitative estimate of drug-likeness (QED) is 0.663. The van der Waals surface area contributed by atoms with Crippen molar-refractivity contribution in [2.45, 2.75) is 25.6 Å². The van der Waals surface area contributed by atoms with E-state index in [0.29, 0.717) is 17.3 Å². The predicted octanol–water partition coefficient (Wildman–Crippen LogP) is 3.79. The smallest absolute Gasteiger partial charge is 0.158 e. The number of aliphatic hydroxyl groups excluding tert-OH is 1. The molecule has 0 unspecified atom stereocenters. The lowest BCUT2D eigenvalue weighted by molar-refractivity contribution is -0.710. The van der Waals surface area contributed by atoms with E-state index >= 15 is 0 Å². The van der Waals surface area contributed by atoms with E-state index in [4.69, 9.17) is 20.8 Å². The van der Waals surface area contributed by atoms with E-state index in [1.165, 1.54) is 0 Å². The van der Waals surface area contributed by atoms with Crippen LogP contribution in [0.3, 0.4) is 0 Å². The lowest BCUT2D eigenvalue weighted by Crippen LogP contribution is -2.88. The van der Waals surface area contributed by atoms with Gasteiger partial charge in [0.05, 0.1) is 12.1 Å². The Balaban J connectivity index is 1.62. The van der Waals surface area contributed by atoms with Gasteiger partial charge in [-0.3, -0.25) is 0 Å². The predicted molar refractivity (Wildman–Crippen MR) is 102 cm³/mol. The average molecular weight is 373 g/mol. The Hall–Kier alpha value is -2.27. The first kappa shape index (κ1) is 18.5. The van der Waals surface area contributed by atoms with Gasteiger partial charge in [-0.15, -0.1) is 0 Å². The third-order valence-corrected chi connectivity index (χ3v) is 4.72. The second kappa shape index (κ2) is 8.41. The zero-order chi connectivity index (χ0) is 18.5. The fourth-order valence-electron chi connectivity index (χ4n) is 2.85. The van der Waals surface area contributed by atoms with Gasteiger partial charge in [0, 0.05) is 5.56 Å². The molecule has 0 radical (unpaired) electrons. The summed E-state index contributed by atoms with van der Waals surface area (Å²) in [5, 5.41) is 13.1. The number of rotatable bonds is 7. The van der Waals surface area contributed by atoms with Crippen LogP contribution < -0.4 is 10.1 Å². The van der Waals surface area contributed by atoms with Crippen molar-refractivity contribution >= 4 is 11.6 Å². The van der Waals surface area contributed by atoms with E-state index in [1.807, 2.05) is 67.6 Å². The van der Waals surface area contributed by atoms with Crippen LogP contribution in [-0.4, -0.2) is 18.3 Å². The van der Waals surface area contributed by atoms with Gasteiger partial charge in [-0.1, -0.05) is 41.9 Å². The largest absolute Gasteiger partial charge is 0.495 e. The normalized spacial score (nSPS) is 13.4. The molecule has 0 aliphatic heterocycles. The van der Waals surface area contributed by atoms with Crippen LogP contribution in [0.4, 0.5) is 0 Å². The summed E-state index contributed by atoms with van der Waals surface area (Å²) in [6.45, 7) is 2.65. The van der Waals surface area contributed by atoms with Crippen molar-refractivity contribution < 1.29 is 19.6 Å². The highest BCUT2D eigenvalue weighted by atomic mass is 35.5. The number of hydrogen-bond acceptors (Lipinski definition) is 3. The number of methoxy groups -OCH3 is 1. The third-order valence-electron chi connectivity index (χ3n) is 4.43. The molecule has 2 atom stereocenters. The lowest BCUT2D eigenvalue weighted by Gasteiger charge is -2.17. The molecule has 3 N–H and O–H groups in total. The molecule has 5 heteroatoms. The van der Waals surface area contributed by atoms with Crippen LogP contribution >= 0.6 is 11.6 Å². The second-order valence-electron chi connectivity index (χ2n) is 6.27. The number of furan rings is 1. The summed E-state index contributed by atoms with van der Waals surface area (Å²) < 4.78 is 11.1. The molecule has 0 spiro atoms. The Morgan fingerprint density at radius 1 is 1.12 bits per heavy atom. The van der Waals surface area contributed by atoms with Crippen molar-refractivity contribution in [3.8, 4) is 17.1 Å². The van der Waals surface area contributed by atoms with Gasteiger partial charge < -0.3 is 19.6 Å². The molecule has 2 aromatic carbocycles. The van der Waals surface area contributed by atoms with E-state index < -0.39 is 6.10 Å². The molecule has 0 saturated heterocycles. The van der Waals surface area contributed by atoms with Gasteiger partial charge in [0.15, 0.2) is 5.76 Å². The molecule has 3 aromatic rings. The van der Waals surface area contributed by atoms with Gasteiger partial charge in [0.25, 0.3) is 0 Å². The molecule has 26 heavy (non-hydrogen) atoms. The maximum atomic E-state index is 10.4. The minimum absolute atomic E-state index is 0.0152. The van der Waals surface area contributed by atoms with Crippen LogP contribution in [0, 0.1) is 0 Å². The van der Waals surface area contributed by atoms with Crippen molar-refractivity contribution in [1.82, 2.24) is 0 Å². The molecule has 136 valence electrons. The lowest BCUT2D eigenvalue weighted by atomic mass is 10.0. The van der Waals surface area contributed by atoms with Gasteiger partial charge in [-0.2, -0.15) is 0 Å². The average Bonchev–Trinajstić information content (AvgIpc) is 3.15. The summed E-state index contributed by atoms with van der Waals surface area (Å²) in [7, 11) is 1.59. The van der Waals surface area contributed by atoms with Crippen molar-refractivity contribution in [1.29, 1.82) is 0 Å². The molecule has 1 aromatic heterocycles. The number of nitrogens with two attached hydrogens (primary N) is 1. The van der Waals surface area contributed by atoms with Gasteiger partial charge in [0.1, 0.15) is 30.2 Å². The van der Waals surface area contributed by atoms with E-state index in [0.717, 1.165) is 22.6 Å². The highest BCUT2D eigenvalue weighted by molar-refractivity contribution is 6.32. The summed E-state index contributed by atoms with van der Waals surface area (Å²) in [6, 6.07) is 19.2. The molecule has 3 rings (SSSR count). The first-order valence-corrected chi connectivity index (χ1v) is 8.95. The Bertz CT molecular complexity index is 847. The minimum Gasteiger partial charge on any atom is -0.495 e. The Kier molecular flexibility index (Phi) is 5.99. The Morgan fingerprint density at radius 2 is 1.88 bits per heavy atom. The summed E-state index contributed by atoms with van der Waals surface area (Å²) in [6.07, 6.45) is -0.522. The number of aliphatic hydroxyl groups is 1. The maximum Gasteiger partial charge on any atom is 0.158 e. The standard InChI is InChI=1S/C21H22ClNO3/c1-14(21(24)15-6-4-3-5-7-15)23-13-17-9-11-19(26-17)16-8-10-20(25-2)18(22)12-16/h3-12,14,21,23-24H,13H2,1-2H3/p+1/t14-,21+/m0/s1. The van der Waals surface area contributed by atoms with Gasteiger partial charge in [-0.05, 0) is 42.8 Å². The van der Waals surface area contributed by atoms with Crippen LogP contribution in [0.5, 0.6) is 5.75 Å². The van der Waals surface area contributed by atoms with Crippen molar-refractivity contribution in [2.75, 3.05) is 7.11 Å². The van der Waals surface area contributed by atoms with Gasteiger partial charge >= 0.3 is 0 Å². The zero-order valence-corrected chi connectivity index (χ0v) is 15.6. The molecular weight excluding hydrogens is 350 g/mol. The molecule has 4 nitrogen and oxygen atoms in total. The molecular formula is C21H23ClNO3+. The van der Waals surface area contributed by atoms with Crippen LogP contribution in [0.2, 0.25) is 5.02 Å². The summed E-state index contributed by atoms with van der Waals surface area (Å²) in [5.41, 5.74) is 1.82. The molecule has 0 aliphatic rings. The van der Waals surface area contributed by atoms with Gasteiger partial charge in [-0.25, -0.2) is 0 Å². The first-order chi connectivity index (χ1) is 12.6. The number of benzene rings is 2. The molecule has 0 amide bonds. The highest BCUT2D eigenvalue weighted by Gasteiger charge is 2.19. The molecule has 1 heterocycles. The summed E-state index contributed by atoms with van der Waals surface area (Å²) in [4.78, 5) is 0.